The van der Waals surface area contributed by atoms with Crippen molar-refractivity contribution < 1.29 is 9.59 Å². The standard InChI is InChI=1S/C27H31N3O2S/c1-27(26(32)28-21-8-4-5-9-21)18-29-23-10-6-3-7-20(23)17-24(29)25(31)30(27)16-15-19-11-13-22(33-2)14-12-19/h3,6-7,10-14,17,21H,4-5,8-9,15-16,18H2,1-2H3,(H,28,32). The fourth-order valence-corrected chi connectivity index (χ4v) is 5.71. The van der Waals surface area contributed by atoms with Crippen LogP contribution in [-0.2, 0) is 17.8 Å². The van der Waals surface area contributed by atoms with E-state index >= 15 is 0 Å². The van der Waals surface area contributed by atoms with E-state index in [1.807, 2.05) is 46.7 Å². The number of benzene rings is 2. The number of amides is 2. The molecule has 2 heterocycles. The van der Waals surface area contributed by atoms with Gasteiger partial charge in [0.05, 0.1) is 6.54 Å². The monoisotopic (exact) mass is 461 g/mol. The molecule has 1 saturated carbocycles. The number of carbonyl (C=O) groups excluding carboxylic acids is 2. The van der Waals surface area contributed by atoms with Gasteiger partial charge in [0, 0.05) is 28.4 Å². The summed E-state index contributed by atoms with van der Waals surface area (Å²) in [4.78, 5) is 30.5. The van der Waals surface area contributed by atoms with Gasteiger partial charge in [0.15, 0.2) is 0 Å². The molecule has 3 aromatic rings. The lowest BCUT2D eigenvalue weighted by molar-refractivity contribution is -0.133. The first-order chi connectivity index (χ1) is 16.0. The number of aromatic nitrogens is 1. The maximum atomic E-state index is 13.8. The van der Waals surface area contributed by atoms with Gasteiger partial charge in [0.25, 0.3) is 5.91 Å². The predicted octanol–water partition coefficient (Wildman–Crippen LogP) is 4.88. The Bertz CT molecular complexity index is 1180. The molecule has 0 bridgehead atoms. The van der Waals surface area contributed by atoms with Crippen molar-refractivity contribution >= 4 is 34.5 Å². The fourth-order valence-electron chi connectivity index (χ4n) is 5.30. The number of para-hydroxylation sites is 1. The van der Waals surface area contributed by atoms with Crippen LogP contribution >= 0.6 is 11.8 Å². The zero-order chi connectivity index (χ0) is 23.0. The molecule has 1 N–H and O–H groups in total. The third-order valence-corrected chi connectivity index (χ3v) is 8.04. The second-order valence-corrected chi connectivity index (χ2v) is 10.3. The lowest BCUT2D eigenvalue weighted by Gasteiger charge is -2.44. The molecule has 1 unspecified atom stereocenters. The molecular formula is C27H31N3O2S. The van der Waals surface area contributed by atoms with Crippen molar-refractivity contribution in [2.24, 2.45) is 0 Å². The summed E-state index contributed by atoms with van der Waals surface area (Å²) in [6, 6.07) is 18.7. The maximum Gasteiger partial charge on any atom is 0.271 e. The van der Waals surface area contributed by atoms with E-state index < -0.39 is 5.54 Å². The Kier molecular flexibility index (Phi) is 5.95. The molecule has 2 aliphatic rings. The molecule has 2 aromatic carbocycles. The Balaban J connectivity index is 1.48. The SMILES string of the molecule is CSc1ccc(CCN2C(=O)c3cc4ccccc4n3CC2(C)C(=O)NC2CCCC2)cc1. The highest BCUT2D eigenvalue weighted by Gasteiger charge is 2.47. The summed E-state index contributed by atoms with van der Waals surface area (Å²) >= 11 is 1.72. The van der Waals surface area contributed by atoms with Gasteiger partial charge < -0.3 is 14.8 Å². The number of thioether (sulfide) groups is 1. The molecule has 5 rings (SSSR count). The molecule has 6 heteroatoms. The van der Waals surface area contributed by atoms with Crippen LogP contribution in [0.5, 0.6) is 0 Å². The molecular weight excluding hydrogens is 430 g/mol. The summed E-state index contributed by atoms with van der Waals surface area (Å²) in [5.41, 5.74) is 1.91. The van der Waals surface area contributed by atoms with Crippen molar-refractivity contribution in [2.45, 2.75) is 62.0 Å². The van der Waals surface area contributed by atoms with Gasteiger partial charge >= 0.3 is 0 Å². The van der Waals surface area contributed by atoms with Gasteiger partial charge in [-0.05, 0) is 62.3 Å². The average Bonchev–Trinajstić information content (AvgIpc) is 3.47. The number of nitrogens with one attached hydrogen (secondary N) is 1. The van der Waals surface area contributed by atoms with Gasteiger partial charge in [0.2, 0.25) is 5.91 Å². The Morgan fingerprint density at radius 2 is 1.85 bits per heavy atom. The van der Waals surface area contributed by atoms with E-state index in [0.29, 0.717) is 25.2 Å². The molecule has 2 amide bonds. The van der Waals surface area contributed by atoms with E-state index in [0.717, 1.165) is 36.6 Å². The third kappa shape index (κ3) is 4.05. The van der Waals surface area contributed by atoms with Crippen LogP contribution in [0.4, 0.5) is 0 Å². The summed E-state index contributed by atoms with van der Waals surface area (Å²) in [5.74, 6) is -0.105. The van der Waals surface area contributed by atoms with Crippen molar-refractivity contribution in [3.05, 3.63) is 65.9 Å². The van der Waals surface area contributed by atoms with Crippen molar-refractivity contribution in [2.75, 3.05) is 12.8 Å². The van der Waals surface area contributed by atoms with Crippen LogP contribution in [-0.4, -0.2) is 45.7 Å². The zero-order valence-corrected chi connectivity index (χ0v) is 20.2. The van der Waals surface area contributed by atoms with E-state index in [1.165, 1.54) is 10.5 Å². The van der Waals surface area contributed by atoms with Crippen molar-refractivity contribution in [1.29, 1.82) is 0 Å². The smallest absolute Gasteiger partial charge is 0.271 e. The highest BCUT2D eigenvalue weighted by molar-refractivity contribution is 7.98. The van der Waals surface area contributed by atoms with Crippen molar-refractivity contribution in [3.63, 3.8) is 0 Å². The van der Waals surface area contributed by atoms with Crippen LogP contribution in [0.15, 0.2) is 59.5 Å². The van der Waals surface area contributed by atoms with Gasteiger partial charge in [0.1, 0.15) is 11.2 Å². The summed E-state index contributed by atoms with van der Waals surface area (Å²) in [6.45, 7) is 2.91. The van der Waals surface area contributed by atoms with Gasteiger partial charge in [-0.15, -0.1) is 11.8 Å². The Labute approximate surface area is 199 Å². The van der Waals surface area contributed by atoms with Gasteiger partial charge in [-0.1, -0.05) is 43.2 Å². The summed E-state index contributed by atoms with van der Waals surface area (Å²) in [6.07, 6.45) is 7.14. The maximum absolute atomic E-state index is 13.8. The lowest BCUT2D eigenvalue weighted by atomic mass is 9.93. The number of fused-ring (bicyclic) bond motifs is 3. The number of hydrogen-bond donors (Lipinski definition) is 1. The Hall–Kier alpha value is -2.73. The van der Waals surface area contributed by atoms with Gasteiger partial charge in [-0.25, -0.2) is 0 Å². The molecule has 0 spiro atoms. The lowest BCUT2D eigenvalue weighted by Crippen LogP contribution is -2.65. The summed E-state index contributed by atoms with van der Waals surface area (Å²) < 4.78 is 2.04. The highest BCUT2D eigenvalue weighted by Crippen LogP contribution is 2.33. The number of nitrogens with zero attached hydrogens (tertiary/aromatic N) is 2. The topological polar surface area (TPSA) is 54.3 Å². The van der Waals surface area contributed by atoms with E-state index in [9.17, 15) is 9.59 Å². The van der Waals surface area contributed by atoms with Crippen molar-refractivity contribution in [3.8, 4) is 0 Å². The summed E-state index contributed by atoms with van der Waals surface area (Å²) in [7, 11) is 0. The second kappa shape index (κ2) is 8.90. The number of rotatable bonds is 6. The van der Waals surface area contributed by atoms with Crippen LogP contribution < -0.4 is 5.32 Å². The molecule has 1 aliphatic heterocycles. The van der Waals surface area contributed by atoms with E-state index in [1.54, 1.807) is 11.8 Å². The van der Waals surface area contributed by atoms with Crippen molar-refractivity contribution in [1.82, 2.24) is 14.8 Å². The molecule has 1 fully saturated rings. The molecule has 172 valence electrons. The third-order valence-electron chi connectivity index (χ3n) is 7.30. The van der Waals surface area contributed by atoms with E-state index in [4.69, 9.17) is 0 Å². The second-order valence-electron chi connectivity index (χ2n) is 9.46. The van der Waals surface area contributed by atoms with E-state index in [-0.39, 0.29) is 17.9 Å². The largest absolute Gasteiger partial charge is 0.351 e. The molecule has 5 nitrogen and oxygen atoms in total. The molecule has 1 aromatic heterocycles. The summed E-state index contributed by atoms with van der Waals surface area (Å²) in [5, 5.41) is 4.31. The van der Waals surface area contributed by atoms with Crippen LogP contribution in [0.1, 0.15) is 48.7 Å². The fraction of sp³-hybridized carbons (Fsp3) is 0.407. The minimum Gasteiger partial charge on any atom is -0.351 e. The normalized spacial score (nSPS) is 20.9. The van der Waals surface area contributed by atoms with Crippen LogP contribution in [0.2, 0.25) is 0 Å². The molecule has 0 radical (unpaired) electrons. The van der Waals surface area contributed by atoms with Crippen LogP contribution in [0.3, 0.4) is 0 Å². The highest BCUT2D eigenvalue weighted by atomic mass is 32.2. The predicted molar refractivity (Wildman–Crippen MR) is 134 cm³/mol. The Morgan fingerprint density at radius 1 is 1.12 bits per heavy atom. The molecule has 1 atom stereocenters. The minimum atomic E-state index is -0.937. The quantitative estimate of drug-likeness (QED) is 0.533. The van der Waals surface area contributed by atoms with Gasteiger partial charge in [-0.2, -0.15) is 0 Å². The van der Waals surface area contributed by atoms with Crippen LogP contribution in [0, 0.1) is 0 Å². The van der Waals surface area contributed by atoms with Crippen LogP contribution in [0.25, 0.3) is 10.9 Å². The van der Waals surface area contributed by atoms with Gasteiger partial charge in [-0.3, -0.25) is 9.59 Å². The average molecular weight is 462 g/mol. The molecule has 0 saturated heterocycles. The van der Waals surface area contributed by atoms with E-state index in [2.05, 4.69) is 35.8 Å². The first-order valence-corrected chi connectivity index (χ1v) is 13.1. The number of carbonyl (C=O) groups is 2. The molecule has 1 aliphatic carbocycles. The molecule has 33 heavy (non-hydrogen) atoms. The zero-order valence-electron chi connectivity index (χ0n) is 19.3. The minimum absolute atomic E-state index is 0.0380. The first kappa shape index (κ1) is 22.1. The Morgan fingerprint density at radius 3 is 2.58 bits per heavy atom. The number of hydrogen-bond acceptors (Lipinski definition) is 3. The first-order valence-electron chi connectivity index (χ1n) is 11.8.